The molecule has 0 spiro atoms. The highest BCUT2D eigenvalue weighted by Gasteiger charge is 2.30. The minimum Gasteiger partial charge on any atom is -0.322 e. The van der Waals surface area contributed by atoms with Gasteiger partial charge in [-0.25, -0.2) is 9.34 Å². The maximum Gasteiger partial charge on any atom is 0.343 e. The quantitative estimate of drug-likeness (QED) is 0.562. The van der Waals surface area contributed by atoms with Crippen LogP contribution in [0, 0.1) is 0 Å². The van der Waals surface area contributed by atoms with Crippen molar-refractivity contribution in [2.45, 2.75) is 6.92 Å². The Balaban J connectivity index is 4.46. The summed E-state index contributed by atoms with van der Waals surface area (Å²) in [6.07, 6.45) is 0. The smallest absolute Gasteiger partial charge is 0.322 e. The van der Waals surface area contributed by atoms with E-state index in [-0.39, 0.29) is 0 Å². The topological polar surface area (TPSA) is 43.8 Å². The normalized spacial score (nSPS) is 16.2. The van der Waals surface area contributed by atoms with E-state index in [2.05, 4.69) is 0 Å². The second kappa shape index (κ2) is 7.04. The second-order valence-electron chi connectivity index (χ2n) is 2.82. The summed E-state index contributed by atoms with van der Waals surface area (Å²) in [6.45, 7) is 3.10. The molecule has 1 atom stereocenters. The van der Waals surface area contributed by atoms with E-state index in [1.165, 1.54) is 9.34 Å². The Kier molecular flexibility index (Phi) is 7.39. The molecule has 0 amide bonds. The Labute approximate surface area is 95.3 Å². The molecule has 4 nitrogen and oxygen atoms in total. The molecule has 7 heteroatoms. The number of alkyl halides is 2. The molecule has 0 aliphatic heterocycles. The fourth-order valence-corrected chi connectivity index (χ4v) is 3.25. The molecule has 1 N–H and O–H groups in total. The first-order valence-corrected chi connectivity index (χ1v) is 7.05. The summed E-state index contributed by atoms with van der Waals surface area (Å²) in [4.78, 5) is 9.80. The average Bonchev–Trinajstić information content (AvgIpc) is 2.14. The van der Waals surface area contributed by atoms with Crippen molar-refractivity contribution in [3.05, 3.63) is 0 Å². The van der Waals surface area contributed by atoms with Crippen LogP contribution in [0.3, 0.4) is 0 Å². The molecule has 0 rings (SSSR count). The minimum absolute atomic E-state index is 0.333. The first kappa shape index (κ1) is 14.7. The third-order valence-electron chi connectivity index (χ3n) is 1.93. The Morgan fingerprint density at radius 3 is 2.14 bits per heavy atom. The molecule has 0 aromatic heterocycles. The molecule has 0 bridgehead atoms. The lowest BCUT2D eigenvalue weighted by Crippen LogP contribution is -2.31. The molecule has 0 saturated carbocycles. The van der Waals surface area contributed by atoms with E-state index in [1.54, 1.807) is 7.05 Å². The van der Waals surface area contributed by atoms with Crippen LogP contribution in [-0.4, -0.2) is 52.7 Å². The first-order valence-electron chi connectivity index (χ1n) is 4.42. The Bertz CT molecular complexity index is 206. The van der Waals surface area contributed by atoms with E-state index in [9.17, 15) is 9.46 Å². The SMILES string of the molecule is CCN(CCCl)P(=O)(O)N(C)CCCl. The van der Waals surface area contributed by atoms with Crippen molar-refractivity contribution in [1.82, 2.24) is 9.34 Å². The highest BCUT2D eigenvalue weighted by molar-refractivity contribution is 7.52. The molecular weight excluding hydrogens is 246 g/mol. The molecule has 0 heterocycles. The van der Waals surface area contributed by atoms with Gasteiger partial charge < -0.3 is 4.89 Å². The van der Waals surface area contributed by atoms with Crippen LogP contribution in [-0.2, 0) is 4.57 Å². The van der Waals surface area contributed by atoms with Crippen molar-refractivity contribution in [1.29, 1.82) is 0 Å². The lowest BCUT2D eigenvalue weighted by atomic mass is 10.7. The number of rotatable bonds is 7. The Hall–Kier alpha value is 0.690. The van der Waals surface area contributed by atoms with Gasteiger partial charge in [0.1, 0.15) is 0 Å². The molecule has 0 aromatic carbocycles. The maximum atomic E-state index is 11.9. The minimum atomic E-state index is -3.43. The third-order valence-corrected chi connectivity index (χ3v) is 4.58. The third kappa shape index (κ3) is 4.05. The zero-order chi connectivity index (χ0) is 11.2. The second-order valence-corrected chi connectivity index (χ2v) is 5.85. The summed E-state index contributed by atoms with van der Waals surface area (Å²) < 4.78 is 14.8. The Morgan fingerprint density at radius 2 is 1.79 bits per heavy atom. The molecule has 14 heavy (non-hydrogen) atoms. The maximum absolute atomic E-state index is 11.9. The van der Waals surface area contributed by atoms with Crippen molar-refractivity contribution in [3.8, 4) is 0 Å². The van der Waals surface area contributed by atoms with Crippen molar-refractivity contribution in [2.24, 2.45) is 0 Å². The van der Waals surface area contributed by atoms with E-state index in [0.717, 1.165) is 0 Å². The fraction of sp³-hybridized carbons (Fsp3) is 1.00. The van der Waals surface area contributed by atoms with Gasteiger partial charge in [-0.05, 0) is 7.05 Å². The summed E-state index contributed by atoms with van der Waals surface area (Å²) >= 11 is 11.1. The van der Waals surface area contributed by atoms with Gasteiger partial charge in [0.25, 0.3) is 0 Å². The van der Waals surface area contributed by atoms with Gasteiger partial charge in [-0.2, -0.15) is 0 Å². The van der Waals surface area contributed by atoms with Gasteiger partial charge in [0.05, 0.1) is 0 Å². The molecule has 0 aromatic rings. The van der Waals surface area contributed by atoms with E-state index < -0.39 is 7.67 Å². The van der Waals surface area contributed by atoms with Crippen LogP contribution in [0.5, 0.6) is 0 Å². The zero-order valence-corrected chi connectivity index (χ0v) is 10.9. The van der Waals surface area contributed by atoms with Gasteiger partial charge in [0.2, 0.25) is 0 Å². The van der Waals surface area contributed by atoms with Crippen molar-refractivity contribution in [2.75, 3.05) is 38.4 Å². The highest BCUT2D eigenvalue weighted by Crippen LogP contribution is 2.47. The summed E-state index contributed by atoms with van der Waals surface area (Å²) in [7, 11) is -1.85. The molecule has 0 fully saturated rings. The van der Waals surface area contributed by atoms with Gasteiger partial charge in [0.15, 0.2) is 0 Å². The van der Waals surface area contributed by atoms with Crippen LogP contribution in [0.15, 0.2) is 0 Å². The lowest BCUT2D eigenvalue weighted by molar-refractivity contribution is 0.301. The standard InChI is InChI=1S/C7H17Cl2N2O2P/c1-3-11(7-5-9)14(12,13)10(2)6-4-8/h3-7H2,1-2H3,(H,12,13). The molecule has 1 unspecified atom stereocenters. The summed E-state index contributed by atoms with van der Waals surface area (Å²) in [5.41, 5.74) is 0. The number of hydrogen-bond donors (Lipinski definition) is 1. The summed E-state index contributed by atoms with van der Waals surface area (Å²) in [6, 6.07) is 0. The average molecular weight is 263 g/mol. The molecule has 0 saturated heterocycles. The van der Waals surface area contributed by atoms with Crippen LogP contribution < -0.4 is 0 Å². The zero-order valence-electron chi connectivity index (χ0n) is 8.49. The van der Waals surface area contributed by atoms with Gasteiger partial charge in [-0.3, -0.25) is 4.57 Å². The summed E-state index contributed by atoms with van der Waals surface area (Å²) in [5, 5.41) is 0. The molecular formula is C7H17Cl2N2O2P. The predicted molar refractivity (Wildman–Crippen MR) is 61.1 cm³/mol. The van der Waals surface area contributed by atoms with E-state index in [1.807, 2.05) is 6.92 Å². The first-order chi connectivity index (χ1) is 6.50. The molecule has 86 valence electrons. The molecule has 0 radical (unpaired) electrons. The molecule has 0 aliphatic carbocycles. The monoisotopic (exact) mass is 262 g/mol. The van der Waals surface area contributed by atoms with Crippen molar-refractivity contribution >= 4 is 30.9 Å². The predicted octanol–water partition coefficient (Wildman–Crippen LogP) is 1.82. The van der Waals surface area contributed by atoms with Gasteiger partial charge in [-0.15, -0.1) is 23.2 Å². The van der Waals surface area contributed by atoms with Gasteiger partial charge in [0, 0.05) is 31.4 Å². The van der Waals surface area contributed by atoms with Crippen molar-refractivity contribution < 1.29 is 9.46 Å². The highest BCUT2D eigenvalue weighted by atomic mass is 35.5. The van der Waals surface area contributed by atoms with Crippen LogP contribution in [0.1, 0.15) is 6.92 Å². The number of nitrogens with zero attached hydrogens (tertiary/aromatic N) is 2. The van der Waals surface area contributed by atoms with Crippen LogP contribution in [0.25, 0.3) is 0 Å². The summed E-state index contributed by atoms with van der Waals surface area (Å²) in [5.74, 6) is 0.673. The number of hydrogen-bond acceptors (Lipinski definition) is 1. The lowest BCUT2D eigenvalue weighted by Gasteiger charge is -2.31. The number of halogens is 2. The largest absolute Gasteiger partial charge is 0.343 e. The van der Waals surface area contributed by atoms with Crippen LogP contribution in [0.2, 0.25) is 0 Å². The van der Waals surface area contributed by atoms with E-state index in [0.29, 0.717) is 31.4 Å². The van der Waals surface area contributed by atoms with Crippen molar-refractivity contribution in [3.63, 3.8) is 0 Å². The fourth-order valence-electron chi connectivity index (χ4n) is 1.04. The van der Waals surface area contributed by atoms with E-state index in [4.69, 9.17) is 23.2 Å². The van der Waals surface area contributed by atoms with Crippen LogP contribution in [0.4, 0.5) is 0 Å². The van der Waals surface area contributed by atoms with Gasteiger partial charge >= 0.3 is 7.67 Å². The van der Waals surface area contributed by atoms with E-state index >= 15 is 0 Å². The Morgan fingerprint density at radius 1 is 1.29 bits per heavy atom. The molecule has 0 aliphatic rings. The van der Waals surface area contributed by atoms with Gasteiger partial charge in [-0.1, -0.05) is 6.92 Å². The van der Waals surface area contributed by atoms with Crippen LogP contribution >= 0.6 is 30.9 Å².